The maximum absolute atomic E-state index is 12.3. The fourth-order valence-corrected chi connectivity index (χ4v) is 2.10. The zero-order valence-electron chi connectivity index (χ0n) is 11.6. The molecule has 1 fully saturated rings. The van der Waals surface area contributed by atoms with Gasteiger partial charge in [-0.25, -0.2) is 4.98 Å². The van der Waals surface area contributed by atoms with Crippen molar-refractivity contribution in [1.82, 2.24) is 15.2 Å². The molecule has 1 heterocycles. The third-order valence-electron chi connectivity index (χ3n) is 3.40. The van der Waals surface area contributed by atoms with Gasteiger partial charge in [-0.3, -0.25) is 9.59 Å². The van der Waals surface area contributed by atoms with Crippen LogP contribution in [-0.4, -0.2) is 48.6 Å². The molecular weight excluding hydrogens is 258 g/mol. The van der Waals surface area contributed by atoms with E-state index in [0.717, 1.165) is 19.4 Å². The van der Waals surface area contributed by atoms with E-state index in [9.17, 15) is 9.59 Å². The number of ketones is 2. The van der Waals surface area contributed by atoms with Gasteiger partial charge in [0.05, 0.1) is 5.70 Å². The van der Waals surface area contributed by atoms with E-state index >= 15 is 0 Å². The second kappa shape index (κ2) is 4.86. The highest BCUT2D eigenvalue weighted by atomic mass is 16.4. The molecular formula is C14H17N3O3. The number of aromatic nitrogens is 1. The highest BCUT2D eigenvalue weighted by Crippen LogP contribution is 2.40. The molecule has 0 unspecified atom stereocenters. The van der Waals surface area contributed by atoms with E-state index in [4.69, 9.17) is 4.42 Å². The molecule has 0 saturated heterocycles. The van der Waals surface area contributed by atoms with Crippen LogP contribution in [0.25, 0.3) is 0 Å². The Morgan fingerprint density at radius 2 is 2.15 bits per heavy atom. The molecule has 1 aromatic heterocycles. The fourth-order valence-electron chi connectivity index (χ4n) is 2.10. The number of hydrogen-bond donors (Lipinski definition) is 1. The van der Waals surface area contributed by atoms with Gasteiger partial charge >= 0.3 is 0 Å². The van der Waals surface area contributed by atoms with Crippen LogP contribution >= 0.6 is 0 Å². The quantitative estimate of drug-likeness (QED) is 0.863. The molecule has 0 spiro atoms. The van der Waals surface area contributed by atoms with Gasteiger partial charge in [0.2, 0.25) is 17.3 Å². The second-order valence-corrected chi connectivity index (χ2v) is 5.49. The molecule has 0 aromatic carbocycles. The van der Waals surface area contributed by atoms with Crippen molar-refractivity contribution in [3.05, 3.63) is 29.1 Å². The number of carbonyl (C=O) groups is 2. The summed E-state index contributed by atoms with van der Waals surface area (Å²) in [6.45, 7) is 1.37. The molecule has 0 atom stereocenters. The minimum atomic E-state index is -0.280. The van der Waals surface area contributed by atoms with Crippen molar-refractivity contribution in [3.8, 4) is 0 Å². The molecule has 106 valence electrons. The molecule has 20 heavy (non-hydrogen) atoms. The lowest BCUT2D eigenvalue weighted by molar-refractivity contribution is 0.0955. The summed E-state index contributed by atoms with van der Waals surface area (Å²) in [4.78, 5) is 30.4. The molecule has 2 aliphatic carbocycles. The monoisotopic (exact) mass is 275 g/mol. The first-order valence-corrected chi connectivity index (χ1v) is 6.76. The van der Waals surface area contributed by atoms with Gasteiger partial charge in [-0.2, -0.15) is 0 Å². The Hall–Kier alpha value is -1.95. The SMILES string of the molecule is CN(C)CCNC1=CC(=O)c2nc(C3CC3)oc2C1=O. The average molecular weight is 275 g/mol. The highest BCUT2D eigenvalue weighted by Gasteiger charge is 2.36. The Labute approximate surface area is 116 Å². The number of likely N-dealkylation sites (N-methyl/N-ethyl adjacent to an activating group) is 1. The van der Waals surface area contributed by atoms with Crippen molar-refractivity contribution < 1.29 is 14.0 Å². The number of fused-ring (bicyclic) bond motifs is 1. The second-order valence-electron chi connectivity index (χ2n) is 5.49. The van der Waals surface area contributed by atoms with Crippen LogP contribution in [0.3, 0.4) is 0 Å². The van der Waals surface area contributed by atoms with Gasteiger partial charge in [-0.15, -0.1) is 0 Å². The summed E-state index contributed by atoms with van der Waals surface area (Å²) < 4.78 is 5.50. The van der Waals surface area contributed by atoms with Gasteiger partial charge in [-0.1, -0.05) is 0 Å². The number of carbonyl (C=O) groups excluding carboxylic acids is 2. The molecule has 2 aliphatic rings. The first-order chi connectivity index (χ1) is 9.56. The van der Waals surface area contributed by atoms with E-state index < -0.39 is 0 Å². The zero-order chi connectivity index (χ0) is 14.3. The van der Waals surface area contributed by atoms with Crippen LogP contribution in [0.15, 0.2) is 16.2 Å². The fraction of sp³-hybridized carbons (Fsp3) is 0.500. The Morgan fingerprint density at radius 3 is 2.80 bits per heavy atom. The van der Waals surface area contributed by atoms with Gasteiger partial charge in [0.15, 0.2) is 11.6 Å². The summed E-state index contributed by atoms with van der Waals surface area (Å²) >= 11 is 0. The smallest absolute Gasteiger partial charge is 0.246 e. The topological polar surface area (TPSA) is 75.4 Å². The third kappa shape index (κ3) is 2.38. The Balaban J connectivity index is 1.77. The largest absolute Gasteiger partial charge is 0.436 e. The molecule has 0 aliphatic heterocycles. The van der Waals surface area contributed by atoms with E-state index in [1.807, 2.05) is 19.0 Å². The Morgan fingerprint density at radius 1 is 1.40 bits per heavy atom. The molecule has 0 radical (unpaired) electrons. The molecule has 1 saturated carbocycles. The van der Waals surface area contributed by atoms with E-state index in [1.54, 1.807) is 0 Å². The number of nitrogens with one attached hydrogen (secondary N) is 1. The first-order valence-electron chi connectivity index (χ1n) is 6.76. The summed E-state index contributed by atoms with van der Waals surface area (Å²) in [5, 5.41) is 2.99. The predicted octanol–water partition coefficient (Wildman–Crippen LogP) is 0.966. The Bertz CT molecular complexity index is 597. The van der Waals surface area contributed by atoms with Crippen molar-refractivity contribution >= 4 is 11.6 Å². The lowest BCUT2D eigenvalue weighted by Crippen LogP contribution is -2.31. The number of rotatable bonds is 5. The van der Waals surface area contributed by atoms with Gasteiger partial charge in [0.1, 0.15) is 0 Å². The van der Waals surface area contributed by atoms with Crippen molar-refractivity contribution in [2.24, 2.45) is 0 Å². The summed E-state index contributed by atoms with van der Waals surface area (Å²) in [7, 11) is 3.89. The number of oxazole rings is 1. The van der Waals surface area contributed by atoms with Crippen LogP contribution in [0.5, 0.6) is 0 Å². The minimum Gasteiger partial charge on any atom is -0.436 e. The zero-order valence-corrected chi connectivity index (χ0v) is 11.6. The highest BCUT2D eigenvalue weighted by molar-refractivity contribution is 6.22. The van der Waals surface area contributed by atoms with Crippen molar-refractivity contribution in [2.45, 2.75) is 18.8 Å². The summed E-state index contributed by atoms with van der Waals surface area (Å²) in [6, 6.07) is 0. The van der Waals surface area contributed by atoms with Crippen LogP contribution in [0, 0.1) is 0 Å². The van der Waals surface area contributed by atoms with E-state index in [0.29, 0.717) is 18.1 Å². The van der Waals surface area contributed by atoms with E-state index in [-0.39, 0.29) is 28.9 Å². The van der Waals surface area contributed by atoms with E-state index in [1.165, 1.54) is 6.08 Å². The summed E-state index contributed by atoms with van der Waals surface area (Å²) in [5.74, 6) is 0.359. The predicted molar refractivity (Wildman–Crippen MR) is 71.8 cm³/mol. The summed E-state index contributed by atoms with van der Waals surface area (Å²) in [6.07, 6.45) is 3.35. The number of nitrogens with zero attached hydrogens (tertiary/aromatic N) is 2. The van der Waals surface area contributed by atoms with Crippen molar-refractivity contribution in [1.29, 1.82) is 0 Å². The average Bonchev–Trinajstić information content (AvgIpc) is 3.14. The van der Waals surface area contributed by atoms with Gasteiger partial charge < -0.3 is 14.6 Å². The van der Waals surface area contributed by atoms with E-state index in [2.05, 4.69) is 10.3 Å². The molecule has 6 heteroatoms. The minimum absolute atomic E-state index is 0.0896. The molecule has 0 bridgehead atoms. The number of allylic oxidation sites excluding steroid dienone is 2. The van der Waals surface area contributed by atoms with Crippen LogP contribution in [0.2, 0.25) is 0 Å². The normalized spacial score (nSPS) is 18.2. The van der Waals surface area contributed by atoms with Crippen LogP contribution < -0.4 is 5.32 Å². The Kier molecular flexibility index (Phi) is 3.17. The lowest BCUT2D eigenvalue weighted by Gasteiger charge is -2.14. The van der Waals surface area contributed by atoms with Crippen molar-refractivity contribution in [3.63, 3.8) is 0 Å². The standard InChI is InChI=1S/C14H17N3O3/c1-17(2)6-5-15-9-7-10(18)11-13(12(9)19)20-14(16-11)8-3-4-8/h7-8,15H,3-6H2,1-2H3. The lowest BCUT2D eigenvalue weighted by atomic mass is 10.0. The first kappa shape index (κ1) is 13.1. The molecule has 1 aromatic rings. The van der Waals surface area contributed by atoms with Crippen molar-refractivity contribution in [2.75, 3.05) is 27.2 Å². The molecule has 0 amide bonds. The van der Waals surface area contributed by atoms with Gasteiger partial charge in [0, 0.05) is 25.1 Å². The molecule has 3 rings (SSSR count). The van der Waals surface area contributed by atoms with Crippen LogP contribution in [0.4, 0.5) is 0 Å². The van der Waals surface area contributed by atoms with Gasteiger partial charge in [0.25, 0.3) is 0 Å². The van der Waals surface area contributed by atoms with Crippen LogP contribution in [0.1, 0.15) is 45.7 Å². The maximum atomic E-state index is 12.3. The number of Topliss-reactive ketones (excluding diaryl/α,β-unsaturated/α-hetero) is 1. The maximum Gasteiger partial charge on any atom is 0.246 e. The number of hydrogen-bond acceptors (Lipinski definition) is 6. The van der Waals surface area contributed by atoms with Crippen LogP contribution in [-0.2, 0) is 0 Å². The van der Waals surface area contributed by atoms with Gasteiger partial charge in [-0.05, 0) is 26.9 Å². The molecule has 6 nitrogen and oxygen atoms in total. The molecule has 1 N–H and O–H groups in total. The third-order valence-corrected chi connectivity index (χ3v) is 3.40. The summed E-state index contributed by atoms with van der Waals surface area (Å²) in [5.41, 5.74) is 0.456.